The summed E-state index contributed by atoms with van der Waals surface area (Å²) in [4.78, 5) is 18.0. The SMILES string of the molecule is O=c1c2ccccc2nc(SCc2nnc(-c3ccccc3)o2)n1-c1ccccc1Cl. The van der Waals surface area contributed by atoms with Crippen LogP contribution in [0.4, 0.5) is 0 Å². The van der Waals surface area contributed by atoms with Crippen molar-refractivity contribution in [2.24, 2.45) is 0 Å². The quantitative estimate of drug-likeness (QED) is 0.266. The zero-order valence-electron chi connectivity index (χ0n) is 16.1. The Morgan fingerprint density at radius 2 is 1.65 bits per heavy atom. The number of nitrogens with zero attached hydrogens (tertiary/aromatic N) is 4. The highest BCUT2D eigenvalue weighted by atomic mass is 35.5. The number of para-hydroxylation sites is 2. The zero-order chi connectivity index (χ0) is 21.2. The van der Waals surface area contributed by atoms with Crippen LogP contribution >= 0.6 is 23.4 Å². The first-order valence-corrected chi connectivity index (χ1v) is 10.8. The van der Waals surface area contributed by atoms with E-state index in [1.165, 1.54) is 16.3 Å². The van der Waals surface area contributed by atoms with Gasteiger partial charge < -0.3 is 4.42 Å². The van der Waals surface area contributed by atoms with Crippen LogP contribution in [0.15, 0.2) is 93.2 Å². The second-order valence-electron chi connectivity index (χ2n) is 6.66. The van der Waals surface area contributed by atoms with Gasteiger partial charge in [0.25, 0.3) is 5.56 Å². The van der Waals surface area contributed by atoms with Crippen molar-refractivity contribution in [2.45, 2.75) is 10.9 Å². The van der Waals surface area contributed by atoms with E-state index in [0.29, 0.717) is 44.3 Å². The highest BCUT2D eigenvalue weighted by Crippen LogP contribution is 2.28. The number of aromatic nitrogens is 4. The Balaban J connectivity index is 1.54. The lowest BCUT2D eigenvalue weighted by atomic mass is 10.2. The van der Waals surface area contributed by atoms with E-state index >= 15 is 0 Å². The minimum Gasteiger partial charge on any atom is -0.420 e. The Bertz CT molecular complexity index is 1430. The third-order valence-electron chi connectivity index (χ3n) is 4.65. The minimum atomic E-state index is -0.184. The summed E-state index contributed by atoms with van der Waals surface area (Å²) in [6.45, 7) is 0. The highest BCUT2D eigenvalue weighted by molar-refractivity contribution is 7.98. The maximum atomic E-state index is 13.3. The maximum Gasteiger partial charge on any atom is 0.266 e. The van der Waals surface area contributed by atoms with Crippen LogP contribution in [0.5, 0.6) is 0 Å². The molecule has 2 aromatic heterocycles. The molecular weight excluding hydrogens is 432 g/mol. The van der Waals surface area contributed by atoms with Crippen LogP contribution in [0.3, 0.4) is 0 Å². The number of benzene rings is 3. The third-order valence-corrected chi connectivity index (χ3v) is 5.89. The van der Waals surface area contributed by atoms with Crippen molar-refractivity contribution >= 4 is 34.3 Å². The van der Waals surface area contributed by atoms with Crippen LogP contribution in [0.2, 0.25) is 5.02 Å². The van der Waals surface area contributed by atoms with Crippen LogP contribution in [-0.2, 0) is 5.75 Å². The van der Waals surface area contributed by atoms with Gasteiger partial charge >= 0.3 is 0 Å². The smallest absolute Gasteiger partial charge is 0.266 e. The fourth-order valence-electron chi connectivity index (χ4n) is 3.19. The van der Waals surface area contributed by atoms with Gasteiger partial charge in [0.2, 0.25) is 11.8 Å². The molecule has 5 rings (SSSR count). The molecule has 0 atom stereocenters. The van der Waals surface area contributed by atoms with Crippen molar-refractivity contribution in [3.05, 3.63) is 100 Å². The molecule has 8 heteroatoms. The molecule has 31 heavy (non-hydrogen) atoms. The van der Waals surface area contributed by atoms with Gasteiger partial charge in [0, 0.05) is 5.56 Å². The first-order chi connectivity index (χ1) is 15.2. The van der Waals surface area contributed by atoms with E-state index in [1.807, 2.05) is 60.7 Å². The molecule has 2 heterocycles. The maximum absolute atomic E-state index is 13.3. The molecule has 0 aliphatic heterocycles. The average molecular weight is 447 g/mol. The van der Waals surface area contributed by atoms with Crippen LogP contribution in [0.1, 0.15) is 5.89 Å². The van der Waals surface area contributed by atoms with E-state index in [4.69, 9.17) is 21.0 Å². The minimum absolute atomic E-state index is 0.184. The first kappa shape index (κ1) is 19.5. The fourth-order valence-corrected chi connectivity index (χ4v) is 4.25. The summed E-state index contributed by atoms with van der Waals surface area (Å²) in [6.07, 6.45) is 0. The molecule has 0 amide bonds. The molecule has 0 N–H and O–H groups in total. The summed E-state index contributed by atoms with van der Waals surface area (Å²) < 4.78 is 7.33. The molecule has 0 radical (unpaired) electrons. The molecule has 0 aliphatic rings. The lowest BCUT2D eigenvalue weighted by molar-refractivity contribution is 0.528. The second kappa shape index (κ2) is 8.37. The molecule has 152 valence electrons. The summed E-state index contributed by atoms with van der Waals surface area (Å²) in [6, 6.07) is 24.0. The molecule has 0 bridgehead atoms. The van der Waals surface area contributed by atoms with E-state index in [2.05, 4.69) is 10.2 Å². The number of fused-ring (bicyclic) bond motifs is 1. The lowest BCUT2D eigenvalue weighted by Gasteiger charge is -2.13. The molecule has 6 nitrogen and oxygen atoms in total. The van der Waals surface area contributed by atoms with E-state index in [-0.39, 0.29) is 5.56 Å². The van der Waals surface area contributed by atoms with E-state index < -0.39 is 0 Å². The summed E-state index contributed by atoms with van der Waals surface area (Å²) >= 11 is 7.74. The fraction of sp³-hybridized carbons (Fsp3) is 0.0435. The van der Waals surface area contributed by atoms with Gasteiger partial charge in [-0.3, -0.25) is 9.36 Å². The molecule has 3 aromatic carbocycles. The van der Waals surface area contributed by atoms with Gasteiger partial charge in [0.15, 0.2) is 5.16 Å². The lowest BCUT2D eigenvalue weighted by Crippen LogP contribution is -2.22. The standard InChI is InChI=1S/C23H15ClN4O2S/c24-17-11-5-7-13-19(17)28-22(29)16-10-4-6-12-18(16)25-23(28)31-14-20-26-27-21(30-20)15-8-2-1-3-9-15/h1-13H,14H2. The zero-order valence-corrected chi connectivity index (χ0v) is 17.7. The normalized spacial score (nSPS) is 11.1. The topological polar surface area (TPSA) is 73.8 Å². The van der Waals surface area contributed by atoms with Gasteiger partial charge in [-0.05, 0) is 36.4 Å². The summed E-state index contributed by atoms with van der Waals surface area (Å²) in [7, 11) is 0. The van der Waals surface area contributed by atoms with Gasteiger partial charge in [0.1, 0.15) is 0 Å². The van der Waals surface area contributed by atoms with Gasteiger partial charge in [-0.1, -0.05) is 65.8 Å². The van der Waals surface area contributed by atoms with Crippen LogP contribution < -0.4 is 5.56 Å². The number of hydrogen-bond acceptors (Lipinski definition) is 6. The summed E-state index contributed by atoms with van der Waals surface area (Å²) in [5.41, 5.74) is 1.86. The molecule has 0 saturated carbocycles. The number of hydrogen-bond donors (Lipinski definition) is 0. The Labute approximate surface area is 186 Å². The van der Waals surface area contributed by atoms with E-state index in [0.717, 1.165) is 5.56 Å². The highest BCUT2D eigenvalue weighted by Gasteiger charge is 2.17. The number of rotatable bonds is 5. The number of thioether (sulfide) groups is 1. The van der Waals surface area contributed by atoms with Crippen LogP contribution in [0.25, 0.3) is 28.0 Å². The molecule has 5 aromatic rings. The van der Waals surface area contributed by atoms with Gasteiger partial charge in [-0.2, -0.15) is 0 Å². The largest absolute Gasteiger partial charge is 0.420 e. The van der Waals surface area contributed by atoms with Crippen molar-refractivity contribution in [2.75, 3.05) is 0 Å². The van der Waals surface area contributed by atoms with Crippen molar-refractivity contribution < 1.29 is 4.42 Å². The first-order valence-electron chi connectivity index (χ1n) is 9.48. The Morgan fingerprint density at radius 3 is 2.48 bits per heavy atom. The molecular formula is C23H15ClN4O2S. The third kappa shape index (κ3) is 3.85. The molecule has 0 aliphatic carbocycles. The van der Waals surface area contributed by atoms with Crippen LogP contribution in [-0.4, -0.2) is 19.7 Å². The Kier molecular flexibility index (Phi) is 5.28. The molecule has 0 unspecified atom stereocenters. The van der Waals surface area contributed by atoms with Crippen molar-refractivity contribution in [3.63, 3.8) is 0 Å². The monoisotopic (exact) mass is 446 g/mol. The number of halogens is 1. The molecule has 0 fully saturated rings. The Hall–Kier alpha value is -3.42. The summed E-state index contributed by atoms with van der Waals surface area (Å²) in [5, 5.41) is 9.74. The van der Waals surface area contributed by atoms with Gasteiger partial charge in [-0.25, -0.2) is 4.98 Å². The summed E-state index contributed by atoms with van der Waals surface area (Å²) in [5.74, 6) is 1.25. The molecule has 0 saturated heterocycles. The van der Waals surface area contributed by atoms with Crippen LogP contribution in [0, 0.1) is 0 Å². The predicted molar refractivity (Wildman–Crippen MR) is 122 cm³/mol. The molecule has 0 spiro atoms. The van der Waals surface area contributed by atoms with Gasteiger partial charge in [-0.15, -0.1) is 10.2 Å². The van der Waals surface area contributed by atoms with E-state index in [1.54, 1.807) is 18.2 Å². The predicted octanol–water partition coefficient (Wildman–Crippen LogP) is 5.38. The Morgan fingerprint density at radius 1 is 0.903 bits per heavy atom. The van der Waals surface area contributed by atoms with E-state index in [9.17, 15) is 4.79 Å². The van der Waals surface area contributed by atoms with Crippen molar-refractivity contribution in [1.82, 2.24) is 19.7 Å². The van der Waals surface area contributed by atoms with Gasteiger partial charge in [0.05, 0.1) is 27.4 Å². The van der Waals surface area contributed by atoms with Crippen molar-refractivity contribution in [1.29, 1.82) is 0 Å². The average Bonchev–Trinajstić information content (AvgIpc) is 3.28. The second-order valence-corrected chi connectivity index (χ2v) is 8.01. The van der Waals surface area contributed by atoms with Crippen molar-refractivity contribution in [3.8, 4) is 17.1 Å².